The van der Waals surface area contributed by atoms with Gasteiger partial charge < -0.3 is 10.6 Å². The van der Waals surface area contributed by atoms with Crippen molar-refractivity contribution >= 4 is 5.91 Å². The molecule has 4 nitrogen and oxygen atoms in total. The standard InChI is InChI=1S/C15H17N3O/c1-18(15(19)14-7-2-3-8-17-14)11-13-6-4-5-12(9-13)10-16/h2-9H,10-11,16H2,1H3. The molecule has 0 unspecified atom stereocenters. The summed E-state index contributed by atoms with van der Waals surface area (Å²) in [7, 11) is 1.77. The van der Waals surface area contributed by atoms with Crippen molar-refractivity contribution in [2.24, 2.45) is 5.73 Å². The number of carbonyl (C=O) groups is 1. The van der Waals surface area contributed by atoms with E-state index in [-0.39, 0.29) is 5.91 Å². The molecule has 0 aliphatic heterocycles. The molecule has 98 valence electrons. The van der Waals surface area contributed by atoms with E-state index in [4.69, 9.17) is 5.73 Å². The third kappa shape index (κ3) is 3.39. The van der Waals surface area contributed by atoms with Crippen LogP contribution in [0.3, 0.4) is 0 Å². The van der Waals surface area contributed by atoms with Crippen LogP contribution in [-0.2, 0) is 13.1 Å². The Morgan fingerprint density at radius 1 is 1.21 bits per heavy atom. The Kier molecular flexibility index (Phi) is 4.26. The second-order valence-corrected chi connectivity index (χ2v) is 4.40. The highest BCUT2D eigenvalue weighted by molar-refractivity contribution is 5.91. The van der Waals surface area contributed by atoms with Gasteiger partial charge in [0.05, 0.1) is 0 Å². The number of nitrogens with zero attached hydrogens (tertiary/aromatic N) is 2. The Hall–Kier alpha value is -2.20. The average Bonchev–Trinajstić information content (AvgIpc) is 2.47. The highest BCUT2D eigenvalue weighted by Gasteiger charge is 2.12. The number of benzene rings is 1. The van der Waals surface area contributed by atoms with Gasteiger partial charge in [0.1, 0.15) is 5.69 Å². The molecule has 0 aliphatic carbocycles. The highest BCUT2D eigenvalue weighted by atomic mass is 16.2. The molecule has 2 N–H and O–H groups in total. The summed E-state index contributed by atoms with van der Waals surface area (Å²) in [5.41, 5.74) is 8.20. The third-order valence-electron chi connectivity index (χ3n) is 2.88. The zero-order valence-electron chi connectivity index (χ0n) is 10.9. The molecule has 0 spiro atoms. The van der Waals surface area contributed by atoms with Crippen LogP contribution < -0.4 is 5.73 Å². The molecule has 0 saturated carbocycles. The number of hydrogen-bond acceptors (Lipinski definition) is 3. The topological polar surface area (TPSA) is 59.2 Å². The maximum atomic E-state index is 12.1. The first kappa shape index (κ1) is 13.2. The molecule has 1 heterocycles. The van der Waals surface area contributed by atoms with Gasteiger partial charge in [0.2, 0.25) is 0 Å². The SMILES string of the molecule is CN(Cc1cccc(CN)c1)C(=O)c1ccccn1. The molecular weight excluding hydrogens is 238 g/mol. The molecule has 0 radical (unpaired) electrons. The van der Waals surface area contributed by atoms with Gasteiger partial charge in [-0.05, 0) is 23.3 Å². The van der Waals surface area contributed by atoms with Crippen LogP contribution in [-0.4, -0.2) is 22.8 Å². The zero-order chi connectivity index (χ0) is 13.7. The molecule has 1 amide bonds. The first-order valence-electron chi connectivity index (χ1n) is 6.15. The molecular formula is C15H17N3O. The summed E-state index contributed by atoms with van der Waals surface area (Å²) in [5.74, 6) is -0.0845. The highest BCUT2D eigenvalue weighted by Crippen LogP contribution is 2.09. The molecule has 1 aromatic carbocycles. The van der Waals surface area contributed by atoms with Crippen LogP contribution in [0.5, 0.6) is 0 Å². The molecule has 0 aliphatic rings. The first-order chi connectivity index (χ1) is 9.20. The Balaban J connectivity index is 2.08. The van der Waals surface area contributed by atoms with Crippen molar-refractivity contribution in [3.05, 3.63) is 65.5 Å². The van der Waals surface area contributed by atoms with Crippen LogP contribution in [0.25, 0.3) is 0 Å². The van der Waals surface area contributed by atoms with Crippen molar-refractivity contribution in [2.75, 3.05) is 7.05 Å². The molecule has 19 heavy (non-hydrogen) atoms. The van der Waals surface area contributed by atoms with E-state index in [2.05, 4.69) is 4.98 Å². The number of pyridine rings is 1. The average molecular weight is 255 g/mol. The molecule has 2 rings (SSSR count). The van der Waals surface area contributed by atoms with Gasteiger partial charge in [-0.25, -0.2) is 0 Å². The van der Waals surface area contributed by atoms with Gasteiger partial charge in [-0.3, -0.25) is 9.78 Å². The van der Waals surface area contributed by atoms with Crippen molar-refractivity contribution in [3.63, 3.8) is 0 Å². The summed E-state index contributed by atoms with van der Waals surface area (Å²) < 4.78 is 0. The summed E-state index contributed by atoms with van der Waals surface area (Å²) >= 11 is 0. The largest absolute Gasteiger partial charge is 0.336 e. The van der Waals surface area contributed by atoms with Gasteiger partial charge in [0.25, 0.3) is 5.91 Å². The number of hydrogen-bond donors (Lipinski definition) is 1. The monoisotopic (exact) mass is 255 g/mol. The minimum Gasteiger partial charge on any atom is -0.336 e. The van der Waals surface area contributed by atoms with Crippen LogP contribution in [0, 0.1) is 0 Å². The molecule has 4 heteroatoms. The number of rotatable bonds is 4. The number of aromatic nitrogens is 1. The van der Waals surface area contributed by atoms with E-state index in [1.54, 1.807) is 30.3 Å². The molecule has 1 aromatic heterocycles. The first-order valence-corrected chi connectivity index (χ1v) is 6.15. The van der Waals surface area contributed by atoms with E-state index in [1.165, 1.54) is 0 Å². The van der Waals surface area contributed by atoms with Crippen LogP contribution in [0.4, 0.5) is 0 Å². The summed E-state index contributed by atoms with van der Waals surface area (Å²) in [6.07, 6.45) is 1.62. The normalized spacial score (nSPS) is 10.2. The van der Waals surface area contributed by atoms with Gasteiger partial charge in [0, 0.05) is 26.3 Å². The zero-order valence-corrected chi connectivity index (χ0v) is 10.9. The van der Waals surface area contributed by atoms with Crippen LogP contribution >= 0.6 is 0 Å². The van der Waals surface area contributed by atoms with Gasteiger partial charge in [-0.1, -0.05) is 30.3 Å². The second kappa shape index (κ2) is 6.11. The van der Waals surface area contributed by atoms with E-state index < -0.39 is 0 Å². The molecule has 0 saturated heterocycles. The predicted octanol–water partition coefficient (Wildman–Crippen LogP) is 1.81. The fourth-order valence-corrected chi connectivity index (χ4v) is 1.89. The van der Waals surface area contributed by atoms with Gasteiger partial charge >= 0.3 is 0 Å². The summed E-state index contributed by atoms with van der Waals surface area (Å²) in [6.45, 7) is 1.05. The Morgan fingerprint density at radius 3 is 2.68 bits per heavy atom. The molecule has 0 bridgehead atoms. The molecule has 0 fully saturated rings. The van der Waals surface area contributed by atoms with Crippen molar-refractivity contribution in [2.45, 2.75) is 13.1 Å². The summed E-state index contributed by atoms with van der Waals surface area (Å²) in [6, 6.07) is 13.3. The Labute approximate surface area is 112 Å². The lowest BCUT2D eigenvalue weighted by molar-refractivity contribution is 0.0779. The number of nitrogens with two attached hydrogens (primary N) is 1. The van der Waals surface area contributed by atoms with E-state index in [0.717, 1.165) is 11.1 Å². The Morgan fingerprint density at radius 2 is 2.00 bits per heavy atom. The van der Waals surface area contributed by atoms with Gasteiger partial charge in [0.15, 0.2) is 0 Å². The fraction of sp³-hybridized carbons (Fsp3) is 0.200. The summed E-state index contributed by atoms with van der Waals surface area (Å²) in [5, 5.41) is 0. The Bertz CT molecular complexity index is 554. The summed E-state index contributed by atoms with van der Waals surface area (Å²) in [4.78, 5) is 17.9. The lowest BCUT2D eigenvalue weighted by Gasteiger charge is -2.17. The van der Waals surface area contributed by atoms with Gasteiger partial charge in [-0.15, -0.1) is 0 Å². The predicted molar refractivity (Wildman–Crippen MR) is 74.4 cm³/mol. The van der Waals surface area contributed by atoms with Crippen molar-refractivity contribution in [1.29, 1.82) is 0 Å². The molecule has 2 aromatic rings. The fourth-order valence-electron chi connectivity index (χ4n) is 1.89. The van der Waals surface area contributed by atoms with Crippen molar-refractivity contribution in [3.8, 4) is 0 Å². The lowest BCUT2D eigenvalue weighted by Crippen LogP contribution is -2.27. The van der Waals surface area contributed by atoms with Crippen molar-refractivity contribution in [1.82, 2.24) is 9.88 Å². The maximum Gasteiger partial charge on any atom is 0.272 e. The van der Waals surface area contributed by atoms with E-state index in [1.807, 2.05) is 30.3 Å². The number of amides is 1. The lowest BCUT2D eigenvalue weighted by atomic mass is 10.1. The van der Waals surface area contributed by atoms with E-state index >= 15 is 0 Å². The minimum atomic E-state index is -0.0845. The van der Waals surface area contributed by atoms with Crippen LogP contribution in [0.2, 0.25) is 0 Å². The number of carbonyl (C=O) groups excluding carboxylic acids is 1. The van der Waals surface area contributed by atoms with E-state index in [9.17, 15) is 4.79 Å². The smallest absolute Gasteiger partial charge is 0.272 e. The van der Waals surface area contributed by atoms with Crippen molar-refractivity contribution < 1.29 is 4.79 Å². The van der Waals surface area contributed by atoms with E-state index in [0.29, 0.717) is 18.8 Å². The third-order valence-corrected chi connectivity index (χ3v) is 2.88. The maximum absolute atomic E-state index is 12.1. The molecule has 0 atom stereocenters. The quantitative estimate of drug-likeness (QED) is 0.906. The van der Waals surface area contributed by atoms with Gasteiger partial charge in [-0.2, -0.15) is 0 Å². The van der Waals surface area contributed by atoms with Crippen LogP contribution in [0.1, 0.15) is 21.6 Å². The second-order valence-electron chi connectivity index (χ2n) is 4.40. The minimum absolute atomic E-state index is 0.0845. The van der Waals surface area contributed by atoms with Crippen LogP contribution in [0.15, 0.2) is 48.7 Å².